The quantitative estimate of drug-likeness (QED) is 0.785. The van der Waals surface area contributed by atoms with Gasteiger partial charge in [-0.05, 0) is 53.6 Å². The molecule has 1 heterocycles. The zero-order chi connectivity index (χ0) is 13.8. The van der Waals surface area contributed by atoms with E-state index in [-0.39, 0.29) is 12.0 Å². The number of amides is 1. The van der Waals surface area contributed by atoms with Gasteiger partial charge in [0.15, 0.2) is 6.10 Å². The number of hydrogen-bond acceptors (Lipinski definition) is 3. The van der Waals surface area contributed by atoms with E-state index in [4.69, 9.17) is 9.84 Å². The van der Waals surface area contributed by atoms with Crippen molar-refractivity contribution in [3.05, 3.63) is 33.4 Å². The van der Waals surface area contributed by atoms with Crippen LogP contribution in [0.4, 0.5) is 0 Å². The van der Waals surface area contributed by atoms with E-state index in [1.54, 1.807) is 12.1 Å². The number of benzene rings is 1. The third-order valence-electron chi connectivity index (χ3n) is 2.96. The minimum absolute atomic E-state index is 0.166. The van der Waals surface area contributed by atoms with Crippen LogP contribution < -0.4 is 5.32 Å². The van der Waals surface area contributed by atoms with Crippen LogP contribution in [0.3, 0.4) is 0 Å². The maximum absolute atomic E-state index is 11.9. The lowest BCUT2D eigenvalue weighted by Crippen LogP contribution is -2.33. The van der Waals surface area contributed by atoms with Crippen molar-refractivity contribution in [2.24, 2.45) is 0 Å². The van der Waals surface area contributed by atoms with E-state index in [1.807, 2.05) is 12.1 Å². The molecule has 1 amide bonds. The number of aliphatic carboxylic acids is 1. The first-order valence-electron chi connectivity index (χ1n) is 5.98. The largest absolute Gasteiger partial charge is 0.479 e. The maximum atomic E-state index is 11.9. The first-order chi connectivity index (χ1) is 9.06. The van der Waals surface area contributed by atoms with Gasteiger partial charge in [-0.2, -0.15) is 0 Å². The van der Waals surface area contributed by atoms with Crippen LogP contribution >= 0.6 is 22.6 Å². The Labute approximate surface area is 124 Å². The first kappa shape index (κ1) is 14.3. The second-order valence-electron chi connectivity index (χ2n) is 4.38. The van der Waals surface area contributed by atoms with Gasteiger partial charge in [0.05, 0.1) is 6.10 Å². The molecule has 5 nitrogen and oxygen atoms in total. The summed E-state index contributed by atoms with van der Waals surface area (Å²) in [5, 5.41) is 11.6. The number of rotatable bonds is 4. The fourth-order valence-electron chi connectivity index (χ4n) is 1.98. The molecule has 0 spiro atoms. The molecular formula is C13H14INO4. The summed E-state index contributed by atoms with van der Waals surface area (Å²) >= 11 is 2.15. The van der Waals surface area contributed by atoms with E-state index in [9.17, 15) is 9.59 Å². The number of ether oxygens (including phenoxy) is 1. The highest BCUT2D eigenvalue weighted by atomic mass is 127. The Kier molecular flexibility index (Phi) is 4.76. The molecule has 6 heteroatoms. The van der Waals surface area contributed by atoms with Crippen molar-refractivity contribution in [3.63, 3.8) is 0 Å². The van der Waals surface area contributed by atoms with Crippen LogP contribution in [0.25, 0.3) is 0 Å². The van der Waals surface area contributed by atoms with Crippen molar-refractivity contribution in [1.82, 2.24) is 5.32 Å². The third kappa shape index (κ3) is 3.90. The molecule has 1 fully saturated rings. The van der Waals surface area contributed by atoms with Gasteiger partial charge in [0, 0.05) is 15.7 Å². The van der Waals surface area contributed by atoms with Crippen LogP contribution in [0.1, 0.15) is 23.2 Å². The van der Waals surface area contributed by atoms with Gasteiger partial charge in [0.2, 0.25) is 0 Å². The van der Waals surface area contributed by atoms with Crippen LogP contribution in [0, 0.1) is 3.57 Å². The second-order valence-corrected chi connectivity index (χ2v) is 5.63. The molecule has 1 aliphatic heterocycles. The molecule has 2 N–H and O–H groups in total. The predicted molar refractivity (Wildman–Crippen MR) is 77.0 cm³/mol. The van der Waals surface area contributed by atoms with Crippen molar-refractivity contribution in [3.8, 4) is 0 Å². The summed E-state index contributed by atoms with van der Waals surface area (Å²) in [5.41, 5.74) is 0.597. The van der Waals surface area contributed by atoms with Crippen molar-refractivity contribution in [2.75, 3.05) is 6.54 Å². The summed E-state index contributed by atoms with van der Waals surface area (Å²) in [6.07, 6.45) is 0.204. The average molecular weight is 375 g/mol. The molecule has 0 radical (unpaired) electrons. The predicted octanol–water partition coefficient (Wildman–Crippen LogP) is 1.65. The molecule has 102 valence electrons. The molecule has 0 aliphatic carbocycles. The maximum Gasteiger partial charge on any atom is 0.332 e. The number of halogens is 1. The molecule has 1 aliphatic rings. The molecule has 2 rings (SSSR count). The summed E-state index contributed by atoms with van der Waals surface area (Å²) in [6.45, 7) is 0.341. The fraction of sp³-hybridized carbons (Fsp3) is 0.385. The van der Waals surface area contributed by atoms with Crippen LogP contribution in [0.15, 0.2) is 24.3 Å². The van der Waals surface area contributed by atoms with Gasteiger partial charge in [-0.25, -0.2) is 4.79 Å². The van der Waals surface area contributed by atoms with Crippen molar-refractivity contribution < 1.29 is 19.4 Å². The summed E-state index contributed by atoms with van der Waals surface area (Å²) in [4.78, 5) is 22.6. The molecular weight excluding hydrogens is 361 g/mol. The lowest BCUT2D eigenvalue weighted by atomic mass is 10.2. The van der Waals surface area contributed by atoms with Crippen molar-refractivity contribution in [2.45, 2.75) is 25.0 Å². The zero-order valence-electron chi connectivity index (χ0n) is 10.1. The lowest BCUT2D eigenvalue weighted by Gasteiger charge is -2.12. The topological polar surface area (TPSA) is 75.6 Å². The van der Waals surface area contributed by atoms with Gasteiger partial charge in [-0.3, -0.25) is 4.79 Å². The van der Waals surface area contributed by atoms with E-state index in [2.05, 4.69) is 27.9 Å². The highest BCUT2D eigenvalue weighted by molar-refractivity contribution is 14.1. The summed E-state index contributed by atoms with van der Waals surface area (Å²) in [5.74, 6) is -1.10. The second kappa shape index (κ2) is 6.33. The van der Waals surface area contributed by atoms with E-state index in [1.165, 1.54) is 0 Å². The van der Waals surface area contributed by atoms with E-state index in [0.717, 1.165) is 3.57 Å². The fourth-order valence-corrected chi connectivity index (χ4v) is 2.52. The Morgan fingerprint density at radius 1 is 1.42 bits per heavy atom. The number of hydrogen-bond donors (Lipinski definition) is 2. The highest BCUT2D eigenvalue weighted by Gasteiger charge is 2.30. The van der Waals surface area contributed by atoms with Gasteiger partial charge < -0.3 is 15.2 Å². The molecule has 19 heavy (non-hydrogen) atoms. The highest BCUT2D eigenvalue weighted by Crippen LogP contribution is 2.19. The molecule has 1 aromatic rings. The monoisotopic (exact) mass is 375 g/mol. The molecule has 1 saturated heterocycles. The van der Waals surface area contributed by atoms with Crippen LogP contribution in [0.2, 0.25) is 0 Å². The Hall–Kier alpha value is -1.15. The standard InChI is InChI=1S/C13H14INO4/c14-9-3-1-2-8(6-9)12(16)15-7-10-4-5-11(19-10)13(17)18/h1-3,6,10-11H,4-5,7H2,(H,15,16)(H,17,18). The number of carbonyl (C=O) groups excluding carboxylic acids is 1. The van der Waals surface area contributed by atoms with Crippen molar-refractivity contribution >= 4 is 34.5 Å². The number of carbonyl (C=O) groups is 2. The Morgan fingerprint density at radius 3 is 2.84 bits per heavy atom. The summed E-state index contributed by atoms with van der Waals surface area (Å²) in [7, 11) is 0. The molecule has 0 saturated carbocycles. The molecule has 0 aromatic heterocycles. The number of carboxylic acid groups (broad SMARTS) is 1. The Bertz CT molecular complexity index is 491. The van der Waals surface area contributed by atoms with E-state index in [0.29, 0.717) is 24.9 Å². The zero-order valence-corrected chi connectivity index (χ0v) is 12.3. The van der Waals surface area contributed by atoms with Gasteiger partial charge >= 0.3 is 5.97 Å². The SMILES string of the molecule is O=C(NCC1CCC(C(=O)O)O1)c1cccc(I)c1. The Morgan fingerprint density at radius 2 is 2.21 bits per heavy atom. The number of carboxylic acids is 1. The molecule has 2 unspecified atom stereocenters. The van der Waals surface area contributed by atoms with E-state index < -0.39 is 12.1 Å². The van der Waals surface area contributed by atoms with Crippen LogP contribution in [-0.2, 0) is 9.53 Å². The van der Waals surface area contributed by atoms with Crippen molar-refractivity contribution in [1.29, 1.82) is 0 Å². The first-order valence-corrected chi connectivity index (χ1v) is 7.06. The summed E-state index contributed by atoms with van der Waals surface area (Å²) in [6, 6.07) is 7.27. The van der Waals surface area contributed by atoms with Gasteiger partial charge in [0.1, 0.15) is 0 Å². The Balaban J connectivity index is 1.83. The lowest BCUT2D eigenvalue weighted by molar-refractivity contribution is -0.149. The van der Waals surface area contributed by atoms with Gasteiger partial charge in [-0.1, -0.05) is 6.07 Å². The van der Waals surface area contributed by atoms with Gasteiger partial charge in [0.25, 0.3) is 5.91 Å². The third-order valence-corrected chi connectivity index (χ3v) is 3.63. The number of nitrogens with one attached hydrogen (secondary N) is 1. The normalized spacial score (nSPS) is 22.2. The molecule has 1 aromatic carbocycles. The average Bonchev–Trinajstić information content (AvgIpc) is 2.85. The van der Waals surface area contributed by atoms with Crippen LogP contribution in [0.5, 0.6) is 0 Å². The summed E-state index contributed by atoms with van der Waals surface area (Å²) < 4.78 is 6.31. The molecule has 2 atom stereocenters. The van der Waals surface area contributed by atoms with E-state index >= 15 is 0 Å². The van der Waals surface area contributed by atoms with Gasteiger partial charge in [-0.15, -0.1) is 0 Å². The minimum atomic E-state index is -0.938. The molecule has 0 bridgehead atoms. The minimum Gasteiger partial charge on any atom is -0.479 e. The van der Waals surface area contributed by atoms with Crippen LogP contribution in [-0.4, -0.2) is 35.7 Å². The smallest absolute Gasteiger partial charge is 0.332 e.